The smallest absolute Gasteiger partial charge is 0.0392 e. The first-order valence-corrected chi connectivity index (χ1v) is 6.82. The van der Waals surface area contributed by atoms with Crippen LogP contribution in [-0.4, -0.2) is 0 Å². The molecule has 2 aromatic rings. The predicted octanol–water partition coefficient (Wildman–Crippen LogP) is 3.56. The molecule has 0 saturated carbocycles. The van der Waals surface area contributed by atoms with E-state index in [0.717, 1.165) is 6.54 Å². The van der Waals surface area contributed by atoms with Crippen molar-refractivity contribution in [2.75, 3.05) is 0 Å². The molecule has 1 aliphatic carbocycles. The predicted molar refractivity (Wildman–Crippen MR) is 73.5 cm³/mol. The molecule has 4 rings (SSSR count). The number of nitrogens with one attached hydrogen (secondary N) is 1. The number of hydrogen-bond donors (Lipinski definition) is 1. The highest BCUT2D eigenvalue weighted by Crippen LogP contribution is 2.45. The molecule has 2 aromatic carbocycles. The largest absolute Gasteiger partial charge is 0.305 e. The molecule has 0 aromatic heterocycles. The normalized spacial score (nSPS) is 24.9. The summed E-state index contributed by atoms with van der Waals surface area (Å²) in [5.41, 5.74) is 6.18. The van der Waals surface area contributed by atoms with Crippen molar-refractivity contribution in [2.45, 2.75) is 31.3 Å². The van der Waals surface area contributed by atoms with Crippen LogP contribution in [0.15, 0.2) is 48.5 Å². The SMILES string of the molecule is c1ccc(C2NCc3cccc4c3C2CC4)cc1. The lowest BCUT2D eigenvalue weighted by Gasteiger charge is -2.32. The van der Waals surface area contributed by atoms with E-state index in [9.17, 15) is 0 Å². The number of aryl methyl sites for hydroxylation is 1. The number of benzene rings is 2. The van der Waals surface area contributed by atoms with Crippen molar-refractivity contribution in [1.29, 1.82) is 0 Å². The Morgan fingerprint density at radius 1 is 0.889 bits per heavy atom. The van der Waals surface area contributed by atoms with Crippen LogP contribution in [0.25, 0.3) is 0 Å². The minimum atomic E-state index is 0.502. The Balaban J connectivity index is 1.80. The molecule has 2 aliphatic rings. The Morgan fingerprint density at radius 2 is 1.72 bits per heavy atom. The molecule has 0 saturated heterocycles. The van der Waals surface area contributed by atoms with Gasteiger partial charge < -0.3 is 5.32 Å². The Labute approximate surface area is 108 Å². The summed E-state index contributed by atoms with van der Waals surface area (Å²) in [5, 5.41) is 3.73. The maximum atomic E-state index is 3.73. The van der Waals surface area contributed by atoms with Gasteiger partial charge in [-0.1, -0.05) is 48.5 Å². The molecule has 0 amide bonds. The monoisotopic (exact) mass is 235 g/mol. The van der Waals surface area contributed by atoms with Gasteiger partial charge in [0.15, 0.2) is 0 Å². The number of hydrogen-bond acceptors (Lipinski definition) is 1. The molecule has 1 heterocycles. The average Bonchev–Trinajstić information content (AvgIpc) is 2.87. The second-order valence-electron chi connectivity index (χ2n) is 5.40. The first kappa shape index (κ1) is 10.3. The van der Waals surface area contributed by atoms with Gasteiger partial charge in [-0.05, 0) is 35.1 Å². The summed E-state index contributed by atoms with van der Waals surface area (Å²) in [7, 11) is 0. The standard InChI is InChI=1S/C17H17N/c1-2-5-13(6-3-1)17-15-10-9-12-7-4-8-14(11-18-17)16(12)15/h1-8,15,17-18H,9-11H2. The van der Waals surface area contributed by atoms with Crippen molar-refractivity contribution in [3.05, 3.63) is 70.8 Å². The van der Waals surface area contributed by atoms with Crippen LogP contribution in [0.2, 0.25) is 0 Å². The first-order valence-electron chi connectivity index (χ1n) is 6.82. The van der Waals surface area contributed by atoms with Crippen molar-refractivity contribution in [3.8, 4) is 0 Å². The van der Waals surface area contributed by atoms with Gasteiger partial charge in [-0.2, -0.15) is 0 Å². The molecule has 1 aliphatic heterocycles. The van der Waals surface area contributed by atoms with E-state index in [1.807, 2.05) is 0 Å². The molecule has 2 atom stereocenters. The Kier molecular flexibility index (Phi) is 2.27. The Morgan fingerprint density at radius 3 is 2.61 bits per heavy atom. The van der Waals surface area contributed by atoms with Crippen molar-refractivity contribution in [2.24, 2.45) is 0 Å². The molecule has 0 spiro atoms. The van der Waals surface area contributed by atoms with Gasteiger partial charge in [0.25, 0.3) is 0 Å². The fraction of sp³-hybridized carbons (Fsp3) is 0.294. The first-order chi connectivity index (χ1) is 8.93. The lowest BCUT2D eigenvalue weighted by atomic mass is 9.83. The third-order valence-electron chi connectivity index (χ3n) is 4.46. The Bertz CT molecular complexity index is 573. The van der Waals surface area contributed by atoms with Crippen molar-refractivity contribution in [1.82, 2.24) is 5.32 Å². The summed E-state index contributed by atoms with van der Waals surface area (Å²) >= 11 is 0. The van der Waals surface area contributed by atoms with Crippen molar-refractivity contribution >= 4 is 0 Å². The van der Waals surface area contributed by atoms with Crippen LogP contribution in [0, 0.1) is 0 Å². The third-order valence-corrected chi connectivity index (χ3v) is 4.46. The van der Waals surface area contributed by atoms with Gasteiger partial charge in [-0.25, -0.2) is 0 Å². The summed E-state index contributed by atoms with van der Waals surface area (Å²) < 4.78 is 0. The zero-order valence-electron chi connectivity index (χ0n) is 10.4. The molecule has 1 N–H and O–H groups in total. The molecule has 0 bridgehead atoms. The maximum absolute atomic E-state index is 3.73. The van der Waals surface area contributed by atoms with Gasteiger partial charge in [0.1, 0.15) is 0 Å². The van der Waals surface area contributed by atoms with Gasteiger partial charge in [0.2, 0.25) is 0 Å². The topological polar surface area (TPSA) is 12.0 Å². The highest BCUT2D eigenvalue weighted by Gasteiger charge is 2.35. The van der Waals surface area contributed by atoms with E-state index in [2.05, 4.69) is 53.8 Å². The van der Waals surface area contributed by atoms with Crippen LogP contribution < -0.4 is 5.32 Å². The number of rotatable bonds is 1. The molecular formula is C17H17N. The highest BCUT2D eigenvalue weighted by molar-refractivity contribution is 5.45. The molecule has 90 valence electrons. The minimum absolute atomic E-state index is 0.502. The van der Waals surface area contributed by atoms with Crippen LogP contribution in [0.4, 0.5) is 0 Å². The van der Waals surface area contributed by atoms with Crippen LogP contribution in [0.3, 0.4) is 0 Å². The lowest BCUT2D eigenvalue weighted by molar-refractivity contribution is 0.414. The van der Waals surface area contributed by atoms with E-state index in [-0.39, 0.29) is 0 Å². The molecule has 18 heavy (non-hydrogen) atoms. The lowest BCUT2D eigenvalue weighted by Crippen LogP contribution is -2.31. The molecule has 0 radical (unpaired) electrons. The minimum Gasteiger partial charge on any atom is -0.305 e. The zero-order valence-corrected chi connectivity index (χ0v) is 10.4. The fourth-order valence-electron chi connectivity index (χ4n) is 3.68. The fourth-order valence-corrected chi connectivity index (χ4v) is 3.68. The van der Waals surface area contributed by atoms with Crippen molar-refractivity contribution < 1.29 is 0 Å². The van der Waals surface area contributed by atoms with Gasteiger partial charge in [0, 0.05) is 18.5 Å². The summed E-state index contributed by atoms with van der Waals surface area (Å²) in [4.78, 5) is 0. The summed E-state index contributed by atoms with van der Waals surface area (Å²) in [6.45, 7) is 1.01. The quantitative estimate of drug-likeness (QED) is 0.797. The van der Waals surface area contributed by atoms with E-state index in [0.29, 0.717) is 12.0 Å². The zero-order chi connectivity index (χ0) is 11.9. The Hall–Kier alpha value is -1.60. The summed E-state index contributed by atoms with van der Waals surface area (Å²) in [6, 6.07) is 18.2. The maximum Gasteiger partial charge on any atom is 0.0392 e. The van der Waals surface area contributed by atoms with Gasteiger partial charge >= 0.3 is 0 Å². The van der Waals surface area contributed by atoms with E-state index < -0.39 is 0 Å². The van der Waals surface area contributed by atoms with Gasteiger partial charge in [-0.3, -0.25) is 0 Å². The van der Waals surface area contributed by atoms with E-state index >= 15 is 0 Å². The second kappa shape index (κ2) is 3.96. The summed E-state index contributed by atoms with van der Waals surface area (Å²) in [5.74, 6) is 0.673. The van der Waals surface area contributed by atoms with Gasteiger partial charge in [0.05, 0.1) is 0 Å². The molecule has 0 fully saturated rings. The van der Waals surface area contributed by atoms with E-state index in [4.69, 9.17) is 0 Å². The third kappa shape index (κ3) is 1.44. The second-order valence-corrected chi connectivity index (χ2v) is 5.40. The van der Waals surface area contributed by atoms with Crippen LogP contribution in [0.1, 0.15) is 40.6 Å². The highest BCUT2D eigenvalue weighted by atomic mass is 14.9. The van der Waals surface area contributed by atoms with Crippen LogP contribution >= 0.6 is 0 Å². The molecule has 2 unspecified atom stereocenters. The average molecular weight is 235 g/mol. The van der Waals surface area contributed by atoms with Gasteiger partial charge in [-0.15, -0.1) is 0 Å². The van der Waals surface area contributed by atoms with Crippen molar-refractivity contribution in [3.63, 3.8) is 0 Å². The molecule has 1 heteroatoms. The summed E-state index contributed by atoms with van der Waals surface area (Å²) in [6.07, 6.45) is 2.54. The molecule has 1 nitrogen and oxygen atoms in total. The molecular weight excluding hydrogens is 218 g/mol. The van der Waals surface area contributed by atoms with Crippen LogP contribution in [-0.2, 0) is 13.0 Å². The van der Waals surface area contributed by atoms with Crippen LogP contribution in [0.5, 0.6) is 0 Å². The van der Waals surface area contributed by atoms with E-state index in [1.54, 1.807) is 11.1 Å². The van der Waals surface area contributed by atoms with E-state index in [1.165, 1.54) is 24.0 Å².